The molecule has 1 saturated heterocycles. The van der Waals surface area contributed by atoms with Crippen LogP contribution in [0.4, 0.5) is 0 Å². The lowest BCUT2D eigenvalue weighted by Crippen LogP contribution is -2.24. The summed E-state index contributed by atoms with van der Waals surface area (Å²) >= 11 is 0. The molecule has 0 spiro atoms. The first kappa shape index (κ1) is 17.0. The summed E-state index contributed by atoms with van der Waals surface area (Å²) in [6, 6.07) is 10.2. The molecule has 3 aromatic rings. The molecule has 0 saturated carbocycles. The van der Waals surface area contributed by atoms with Crippen LogP contribution in [0.1, 0.15) is 17.7 Å². The molecule has 1 aliphatic rings. The van der Waals surface area contributed by atoms with Crippen molar-refractivity contribution in [3.63, 3.8) is 0 Å². The molecule has 136 valence electrons. The SMILES string of the molecule is CN(C)Cc1cc(OC2CCN(Cc3cnn4ccccc34)C2)ccn1. The van der Waals surface area contributed by atoms with Gasteiger partial charge in [-0.25, -0.2) is 4.52 Å². The van der Waals surface area contributed by atoms with Crippen LogP contribution in [0, 0.1) is 0 Å². The first-order valence-corrected chi connectivity index (χ1v) is 9.07. The zero-order chi connectivity index (χ0) is 17.9. The van der Waals surface area contributed by atoms with E-state index in [2.05, 4.69) is 32.0 Å². The fourth-order valence-electron chi connectivity index (χ4n) is 3.52. The normalized spacial score (nSPS) is 18.0. The Bertz CT molecular complexity index is 875. The molecule has 0 bridgehead atoms. The molecule has 1 unspecified atom stereocenters. The Hall–Kier alpha value is -2.44. The van der Waals surface area contributed by atoms with Crippen LogP contribution in [0.5, 0.6) is 5.75 Å². The Kier molecular flexibility index (Phi) is 4.86. The summed E-state index contributed by atoms with van der Waals surface area (Å²) in [6.07, 6.45) is 7.07. The molecule has 0 N–H and O–H groups in total. The Balaban J connectivity index is 1.37. The van der Waals surface area contributed by atoms with Gasteiger partial charge in [0.05, 0.1) is 17.4 Å². The molecule has 4 heterocycles. The summed E-state index contributed by atoms with van der Waals surface area (Å²) in [6.45, 7) is 3.72. The Morgan fingerprint density at radius 3 is 3.08 bits per heavy atom. The van der Waals surface area contributed by atoms with Crippen LogP contribution in [0.15, 0.2) is 48.9 Å². The van der Waals surface area contributed by atoms with E-state index in [0.717, 1.165) is 44.0 Å². The lowest BCUT2D eigenvalue weighted by molar-refractivity contribution is 0.198. The van der Waals surface area contributed by atoms with Crippen molar-refractivity contribution in [3.8, 4) is 5.75 Å². The summed E-state index contributed by atoms with van der Waals surface area (Å²) in [4.78, 5) is 8.96. The second kappa shape index (κ2) is 7.43. The van der Waals surface area contributed by atoms with Gasteiger partial charge in [-0.3, -0.25) is 9.88 Å². The van der Waals surface area contributed by atoms with Gasteiger partial charge in [-0.2, -0.15) is 5.10 Å². The largest absolute Gasteiger partial charge is 0.489 e. The lowest BCUT2D eigenvalue weighted by atomic mass is 10.2. The number of rotatable bonds is 6. The van der Waals surface area contributed by atoms with Gasteiger partial charge in [-0.05, 0) is 38.7 Å². The molecule has 6 heteroatoms. The van der Waals surface area contributed by atoms with Gasteiger partial charge in [-0.15, -0.1) is 0 Å². The Morgan fingerprint density at radius 2 is 2.19 bits per heavy atom. The van der Waals surface area contributed by atoms with E-state index in [1.807, 2.05) is 55.4 Å². The van der Waals surface area contributed by atoms with Crippen molar-refractivity contribution in [2.24, 2.45) is 0 Å². The fourth-order valence-corrected chi connectivity index (χ4v) is 3.52. The number of hydrogen-bond donors (Lipinski definition) is 0. The third-order valence-corrected chi connectivity index (χ3v) is 4.70. The maximum Gasteiger partial charge on any atom is 0.123 e. The van der Waals surface area contributed by atoms with Gasteiger partial charge in [0.2, 0.25) is 0 Å². The van der Waals surface area contributed by atoms with E-state index in [9.17, 15) is 0 Å². The van der Waals surface area contributed by atoms with Crippen LogP contribution in [-0.2, 0) is 13.1 Å². The fraction of sp³-hybridized carbons (Fsp3) is 0.400. The molecule has 0 radical (unpaired) electrons. The summed E-state index contributed by atoms with van der Waals surface area (Å²) in [5, 5.41) is 4.43. The third-order valence-electron chi connectivity index (χ3n) is 4.70. The standard InChI is InChI=1S/C20H25N5O/c1-23(2)14-17-11-18(6-8-21-17)26-19-7-10-24(15-19)13-16-12-22-25-9-4-3-5-20(16)25/h3-6,8-9,11-12,19H,7,10,13-15H2,1-2H3. The molecule has 1 fully saturated rings. The van der Waals surface area contributed by atoms with E-state index >= 15 is 0 Å². The van der Waals surface area contributed by atoms with Crippen molar-refractivity contribution in [3.05, 3.63) is 60.2 Å². The van der Waals surface area contributed by atoms with Gasteiger partial charge in [0.1, 0.15) is 11.9 Å². The molecular formula is C20H25N5O. The van der Waals surface area contributed by atoms with Gasteiger partial charge in [0.25, 0.3) is 0 Å². The molecule has 1 aliphatic heterocycles. The average molecular weight is 351 g/mol. The van der Waals surface area contributed by atoms with E-state index in [4.69, 9.17) is 4.74 Å². The second-order valence-electron chi connectivity index (χ2n) is 7.18. The van der Waals surface area contributed by atoms with E-state index < -0.39 is 0 Å². The number of nitrogens with zero attached hydrogens (tertiary/aromatic N) is 5. The zero-order valence-electron chi connectivity index (χ0n) is 15.4. The van der Waals surface area contributed by atoms with Gasteiger partial charge in [0, 0.05) is 50.2 Å². The summed E-state index contributed by atoms with van der Waals surface area (Å²) < 4.78 is 8.15. The van der Waals surface area contributed by atoms with E-state index in [0.29, 0.717) is 0 Å². The molecular weight excluding hydrogens is 326 g/mol. The van der Waals surface area contributed by atoms with E-state index in [1.165, 1.54) is 11.1 Å². The van der Waals surface area contributed by atoms with Crippen molar-refractivity contribution in [1.82, 2.24) is 24.4 Å². The van der Waals surface area contributed by atoms with Crippen LogP contribution in [0.25, 0.3) is 5.52 Å². The highest BCUT2D eigenvalue weighted by molar-refractivity contribution is 5.53. The number of likely N-dealkylation sites (tertiary alicyclic amines) is 1. The minimum absolute atomic E-state index is 0.228. The topological polar surface area (TPSA) is 45.9 Å². The molecule has 4 rings (SSSR count). The first-order chi connectivity index (χ1) is 12.7. The van der Waals surface area contributed by atoms with E-state index in [-0.39, 0.29) is 6.10 Å². The van der Waals surface area contributed by atoms with Gasteiger partial charge in [-0.1, -0.05) is 6.07 Å². The highest BCUT2D eigenvalue weighted by Crippen LogP contribution is 2.21. The van der Waals surface area contributed by atoms with Crippen molar-refractivity contribution < 1.29 is 4.74 Å². The maximum atomic E-state index is 6.21. The first-order valence-electron chi connectivity index (χ1n) is 9.07. The second-order valence-corrected chi connectivity index (χ2v) is 7.18. The Labute approximate surface area is 154 Å². The smallest absolute Gasteiger partial charge is 0.123 e. The van der Waals surface area contributed by atoms with Crippen LogP contribution in [0.3, 0.4) is 0 Å². The minimum atomic E-state index is 0.228. The van der Waals surface area contributed by atoms with Crippen LogP contribution in [0.2, 0.25) is 0 Å². The van der Waals surface area contributed by atoms with Gasteiger partial charge >= 0.3 is 0 Å². The van der Waals surface area contributed by atoms with Gasteiger partial charge < -0.3 is 9.64 Å². The molecule has 0 amide bonds. The lowest BCUT2D eigenvalue weighted by Gasteiger charge is -2.17. The van der Waals surface area contributed by atoms with Crippen molar-refractivity contribution in [1.29, 1.82) is 0 Å². The number of fused-ring (bicyclic) bond motifs is 1. The monoisotopic (exact) mass is 351 g/mol. The quantitative estimate of drug-likeness (QED) is 0.683. The molecule has 3 aromatic heterocycles. The van der Waals surface area contributed by atoms with Crippen LogP contribution < -0.4 is 4.74 Å². The minimum Gasteiger partial charge on any atom is -0.489 e. The zero-order valence-corrected chi connectivity index (χ0v) is 15.4. The molecule has 0 aliphatic carbocycles. The number of aromatic nitrogens is 3. The molecule has 0 aromatic carbocycles. The number of hydrogen-bond acceptors (Lipinski definition) is 5. The molecule has 26 heavy (non-hydrogen) atoms. The number of ether oxygens (including phenoxy) is 1. The third kappa shape index (κ3) is 3.86. The van der Waals surface area contributed by atoms with Crippen molar-refractivity contribution in [2.45, 2.75) is 25.6 Å². The Morgan fingerprint density at radius 1 is 1.27 bits per heavy atom. The predicted octanol–water partition coefficient (Wildman–Crippen LogP) is 2.44. The summed E-state index contributed by atoms with van der Waals surface area (Å²) in [5.74, 6) is 0.916. The van der Waals surface area contributed by atoms with Crippen LogP contribution in [-0.4, -0.2) is 57.7 Å². The summed E-state index contributed by atoms with van der Waals surface area (Å²) in [5.41, 5.74) is 3.48. The highest BCUT2D eigenvalue weighted by Gasteiger charge is 2.25. The van der Waals surface area contributed by atoms with E-state index in [1.54, 1.807) is 0 Å². The van der Waals surface area contributed by atoms with Crippen molar-refractivity contribution >= 4 is 5.52 Å². The van der Waals surface area contributed by atoms with Crippen LogP contribution >= 0.6 is 0 Å². The molecule has 6 nitrogen and oxygen atoms in total. The predicted molar refractivity (Wildman–Crippen MR) is 101 cm³/mol. The maximum absolute atomic E-state index is 6.21. The van der Waals surface area contributed by atoms with Crippen molar-refractivity contribution in [2.75, 3.05) is 27.2 Å². The highest BCUT2D eigenvalue weighted by atomic mass is 16.5. The summed E-state index contributed by atoms with van der Waals surface area (Å²) in [7, 11) is 4.09. The van der Waals surface area contributed by atoms with Gasteiger partial charge in [0.15, 0.2) is 0 Å². The average Bonchev–Trinajstić information content (AvgIpc) is 3.22. The molecule has 1 atom stereocenters. The number of pyridine rings is 2.